The first kappa shape index (κ1) is 31.0. The molecule has 2 aromatic rings. The molecule has 0 bridgehead atoms. The van der Waals surface area contributed by atoms with Gasteiger partial charge in [-0.3, -0.25) is 34.4 Å². The molecule has 0 radical (unpaired) electrons. The van der Waals surface area contributed by atoms with Crippen molar-refractivity contribution in [1.82, 2.24) is 14.9 Å². The van der Waals surface area contributed by atoms with Gasteiger partial charge in [-0.1, -0.05) is 37.3 Å². The maximum Gasteiger partial charge on any atom is 0.305 e. The molecule has 0 aliphatic heterocycles. The highest BCUT2D eigenvalue weighted by atomic mass is 32.2. The first-order chi connectivity index (χ1) is 18.6. The number of hydrogen-bond donors (Lipinski definition) is 4. The van der Waals surface area contributed by atoms with Crippen LogP contribution in [0.15, 0.2) is 47.5 Å². The third kappa shape index (κ3) is 9.25. The largest absolute Gasteiger partial charge is 0.481 e. The molecule has 210 valence electrons. The number of benzene rings is 1. The van der Waals surface area contributed by atoms with Crippen molar-refractivity contribution in [2.24, 2.45) is 0 Å². The van der Waals surface area contributed by atoms with E-state index in [2.05, 4.69) is 20.5 Å². The quantitative estimate of drug-likeness (QED) is 0.133. The van der Waals surface area contributed by atoms with E-state index in [9.17, 15) is 29.5 Å². The Hall–Kier alpha value is -4.20. The molecule has 1 amide bonds. The predicted molar refractivity (Wildman–Crippen MR) is 147 cm³/mol. The summed E-state index contributed by atoms with van der Waals surface area (Å²) in [5.41, 5.74) is 0.167. The van der Waals surface area contributed by atoms with E-state index in [1.165, 1.54) is 31.1 Å². The Morgan fingerprint density at radius 2 is 1.97 bits per heavy atom. The fourth-order valence-electron chi connectivity index (χ4n) is 3.48. The first-order valence-electron chi connectivity index (χ1n) is 12.0. The highest BCUT2D eigenvalue weighted by Crippen LogP contribution is 2.15. The van der Waals surface area contributed by atoms with Gasteiger partial charge in [0.05, 0.1) is 24.8 Å². The summed E-state index contributed by atoms with van der Waals surface area (Å²) in [6.45, 7) is 2.83. The topological polar surface area (TPSA) is 190 Å². The van der Waals surface area contributed by atoms with Crippen LogP contribution in [0, 0.1) is 10.6 Å². The first-order valence-corrected chi connectivity index (χ1v) is 13.1. The van der Waals surface area contributed by atoms with Crippen molar-refractivity contribution < 1.29 is 29.2 Å². The summed E-state index contributed by atoms with van der Waals surface area (Å²) in [4.78, 5) is 59.0. The predicted octanol–water partition coefficient (Wildman–Crippen LogP) is 1.62. The lowest BCUT2D eigenvalue weighted by Crippen LogP contribution is -2.47. The summed E-state index contributed by atoms with van der Waals surface area (Å²) in [6, 6.07) is 7.14. The Kier molecular flexibility index (Phi) is 12.1. The van der Waals surface area contributed by atoms with Gasteiger partial charge in [-0.25, -0.2) is 4.98 Å². The summed E-state index contributed by atoms with van der Waals surface area (Å²) < 4.78 is 1.12. The van der Waals surface area contributed by atoms with Crippen LogP contribution in [0.4, 0.5) is 5.82 Å². The molecule has 2 unspecified atom stereocenters. The second-order valence-electron chi connectivity index (χ2n) is 8.37. The lowest BCUT2D eigenvalue weighted by atomic mass is 10.1. The van der Waals surface area contributed by atoms with Gasteiger partial charge in [-0.05, 0) is 12.0 Å². The summed E-state index contributed by atoms with van der Waals surface area (Å²) in [5, 5.41) is 34.0. The van der Waals surface area contributed by atoms with Gasteiger partial charge in [0.1, 0.15) is 11.8 Å². The minimum absolute atomic E-state index is 0.000557. The minimum Gasteiger partial charge on any atom is -0.481 e. The van der Waals surface area contributed by atoms with E-state index in [1.807, 2.05) is 30.3 Å². The van der Waals surface area contributed by atoms with Crippen LogP contribution in [-0.4, -0.2) is 74.1 Å². The number of carbonyl (C=O) groups excluding carboxylic acids is 2. The number of rotatable bonds is 16. The highest BCUT2D eigenvalue weighted by Gasteiger charge is 2.28. The van der Waals surface area contributed by atoms with Gasteiger partial charge in [-0.15, -0.1) is 11.8 Å². The van der Waals surface area contributed by atoms with Crippen LogP contribution in [0.25, 0.3) is 0 Å². The van der Waals surface area contributed by atoms with Crippen molar-refractivity contribution >= 4 is 46.7 Å². The molecule has 0 saturated heterocycles. The van der Waals surface area contributed by atoms with Gasteiger partial charge in [0, 0.05) is 37.1 Å². The monoisotopic (exact) mass is 560 g/mol. The molecule has 2 atom stereocenters. The number of carboxylic acids is 1. The average molecular weight is 561 g/mol. The number of carboxylic acid groups (broad SMARTS) is 1. The molecule has 13 nitrogen and oxygen atoms in total. The summed E-state index contributed by atoms with van der Waals surface area (Å²) in [5.74, 6) is -2.00. The third-order valence-corrected chi connectivity index (χ3v) is 6.67. The fraction of sp³-hybridized carbons (Fsp3) is 0.400. The Balaban J connectivity index is 2.13. The van der Waals surface area contributed by atoms with Crippen LogP contribution in [0.1, 0.15) is 38.3 Å². The molecule has 0 aliphatic carbocycles. The van der Waals surface area contributed by atoms with Crippen molar-refractivity contribution in [2.45, 2.75) is 44.5 Å². The second-order valence-corrected chi connectivity index (χ2v) is 9.36. The van der Waals surface area contributed by atoms with Crippen molar-refractivity contribution in [3.05, 3.63) is 63.9 Å². The van der Waals surface area contributed by atoms with Crippen molar-refractivity contribution in [1.29, 1.82) is 5.41 Å². The summed E-state index contributed by atoms with van der Waals surface area (Å²) >= 11 is 1.31. The van der Waals surface area contributed by atoms with Crippen molar-refractivity contribution in [2.75, 3.05) is 24.7 Å². The smallest absolute Gasteiger partial charge is 0.305 e. The van der Waals surface area contributed by atoms with Gasteiger partial charge in [0.15, 0.2) is 11.6 Å². The molecular formula is C25H32N6O7S. The van der Waals surface area contributed by atoms with E-state index < -0.39 is 41.7 Å². The van der Waals surface area contributed by atoms with E-state index in [4.69, 9.17) is 5.41 Å². The molecule has 14 heteroatoms. The maximum absolute atomic E-state index is 13.1. The molecule has 1 aromatic heterocycles. The van der Waals surface area contributed by atoms with Gasteiger partial charge in [-0.2, -0.15) is 0 Å². The number of aliphatic carboxylic acids is 1. The van der Waals surface area contributed by atoms with Crippen LogP contribution < -0.4 is 16.2 Å². The van der Waals surface area contributed by atoms with E-state index in [0.717, 1.165) is 17.2 Å². The molecule has 0 fully saturated rings. The molecule has 0 aliphatic rings. The lowest BCUT2D eigenvalue weighted by Gasteiger charge is -2.22. The molecule has 4 N–H and O–H groups in total. The summed E-state index contributed by atoms with van der Waals surface area (Å²) in [6.07, 6.45) is 2.15. The Morgan fingerprint density at radius 1 is 1.28 bits per heavy atom. The summed E-state index contributed by atoms with van der Waals surface area (Å²) in [7, 11) is 1.16. The van der Waals surface area contributed by atoms with Crippen LogP contribution in [0.3, 0.4) is 0 Å². The van der Waals surface area contributed by atoms with Crippen LogP contribution in [-0.2, 0) is 25.0 Å². The normalized spacial score (nSPS) is 13.0. The third-order valence-electron chi connectivity index (χ3n) is 5.64. The zero-order valence-electron chi connectivity index (χ0n) is 21.9. The maximum atomic E-state index is 13.1. The number of amides is 1. The van der Waals surface area contributed by atoms with Crippen LogP contribution in [0.2, 0.25) is 0 Å². The van der Waals surface area contributed by atoms with Gasteiger partial charge < -0.3 is 20.6 Å². The van der Waals surface area contributed by atoms with Gasteiger partial charge in [0.2, 0.25) is 5.91 Å². The average Bonchev–Trinajstić information content (AvgIpc) is 2.92. The Morgan fingerprint density at radius 3 is 2.59 bits per heavy atom. The van der Waals surface area contributed by atoms with E-state index >= 15 is 0 Å². The molecule has 0 spiro atoms. The number of Topliss-reactive ketones (excluding diaryl/α,β-unsaturated/α-hetero) is 1. The molecule has 39 heavy (non-hydrogen) atoms. The standard InChI is InChI=1S/C25H32N6O7S/c1-4-20(30-11-10-27-23(25(30)36)28-13-18(26)16(2)31(37)38-3)24(35)29-19(12-22(33)34)21(32)15-39-14-17-8-6-5-7-9-17/h5-11,19-20,26H,4,12-15H2,1-3H3,(H,27,28)(H,29,35)(H,33,34)/b26-18?,31-16+. The van der Waals surface area contributed by atoms with Crippen LogP contribution in [0.5, 0.6) is 0 Å². The van der Waals surface area contributed by atoms with Gasteiger partial charge in [0.25, 0.3) is 11.3 Å². The second kappa shape index (κ2) is 15.3. The number of carbonyl (C=O) groups is 3. The highest BCUT2D eigenvalue weighted by molar-refractivity contribution is 7.99. The van der Waals surface area contributed by atoms with Crippen LogP contribution >= 0.6 is 11.8 Å². The lowest BCUT2D eigenvalue weighted by molar-refractivity contribution is -0.732. The van der Waals surface area contributed by atoms with E-state index in [-0.39, 0.29) is 40.9 Å². The molecule has 1 heterocycles. The van der Waals surface area contributed by atoms with Crippen molar-refractivity contribution in [3.63, 3.8) is 0 Å². The molecule has 1 aromatic carbocycles. The van der Waals surface area contributed by atoms with Gasteiger partial charge >= 0.3 is 5.97 Å². The Labute approximate surface area is 229 Å². The van der Waals surface area contributed by atoms with Crippen molar-refractivity contribution in [3.8, 4) is 0 Å². The Bertz CT molecular complexity index is 1270. The number of hydrogen-bond acceptors (Lipinski definition) is 10. The fourth-order valence-corrected chi connectivity index (χ4v) is 4.41. The molecular weight excluding hydrogens is 528 g/mol. The van der Waals surface area contributed by atoms with E-state index in [0.29, 0.717) is 5.75 Å². The molecule has 2 rings (SSSR count). The minimum atomic E-state index is -1.27. The number of thioether (sulfide) groups is 1. The van der Waals surface area contributed by atoms with E-state index in [1.54, 1.807) is 6.92 Å². The number of ketones is 1. The SMILES string of the molecule is CCC(C(=O)NC(CC(=O)O)C(=O)CSCc1ccccc1)n1ccnc(NCC(=N)/C(C)=[N+](\[O-])OC)c1=O. The number of aromatic nitrogens is 2. The number of nitrogens with one attached hydrogen (secondary N) is 3. The molecule has 0 saturated carbocycles. The zero-order chi connectivity index (χ0) is 28.9. The number of nitrogens with zero attached hydrogens (tertiary/aromatic N) is 3. The zero-order valence-corrected chi connectivity index (χ0v) is 22.7. The number of anilines is 1.